The van der Waals surface area contributed by atoms with Crippen molar-refractivity contribution < 1.29 is 14.7 Å². The number of amides is 2. The number of aliphatic hydroxyl groups is 1. The molecule has 1 aliphatic heterocycles. The molecule has 1 unspecified atom stereocenters. The van der Waals surface area contributed by atoms with E-state index in [-0.39, 0.29) is 24.8 Å². The van der Waals surface area contributed by atoms with Crippen LogP contribution in [0.3, 0.4) is 0 Å². The fourth-order valence-corrected chi connectivity index (χ4v) is 4.04. The Bertz CT molecular complexity index is 819. The lowest BCUT2D eigenvalue weighted by Gasteiger charge is -2.25. The average molecular weight is 388 g/mol. The maximum Gasteiger partial charge on any atom is 0.243 e. The van der Waals surface area contributed by atoms with E-state index in [4.69, 9.17) is 5.73 Å². The molecule has 2 amide bonds. The number of rotatable bonds is 5. The normalized spacial score (nSPS) is 20.5. The molecule has 0 aliphatic carbocycles. The molecule has 1 fully saturated rings. The summed E-state index contributed by atoms with van der Waals surface area (Å²) in [4.78, 5) is 31.5. The molecule has 0 saturated carbocycles. The highest BCUT2D eigenvalue weighted by Gasteiger charge is 2.39. The number of nitrogens with two attached hydrogens (primary N) is 1. The standard InChI is InChI=1S/C19H24N4O3S/c1-11(20)19(26)23-9-15(24)7-16(23)18(25)21-8-13-3-5-14(6-4-13)17-12(2)22-10-27-17/h3-6,10-11,15-16,24H,7-9,20H2,1-2H3,(H,21,25)/t11-,15+,16?/m0/s1. The Morgan fingerprint density at radius 3 is 2.70 bits per heavy atom. The van der Waals surface area contributed by atoms with Crippen molar-refractivity contribution in [2.75, 3.05) is 6.54 Å². The molecule has 8 heteroatoms. The van der Waals surface area contributed by atoms with Crippen LogP contribution in [0.4, 0.5) is 0 Å². The van der Waals surface area contributed by atoms with Gasteiger partial charge in [0.25, 0.3) is 0 Å². The first-order valence-electron chi connectivity index (χ1n) is 8.88. The molecule has 7 nitrogen and oxygen atoms in total. The van der Waals surface area contributed by atoms with Gasteiger partial charge in [0.1, 0.15) is 6.04 Å². The summed E-state index contributed by atoms with van der Waals surface area (Å²) in [6, 6.07) is 6.55. The number of aryl methyl sites for hydroxylation is 1. The Balaban J connectivity index is 1.61. The van der Waals surface area contributed by atoms with Crippen LogP contribution in [-0.4, -0.2) is 51.5 Å². The molecule has 2 heterocycles. The van der Waals surface area contributed by atoms with Crippen molar-refractivity contribution in [1.82, 2.24) is 15.2 Å². The summed E-state index contributed by atoms with van der Waals surface area (Å²) >= 11 is 1.60. The van der Waals surface area contributed by atoms with E-state index in [9.17, 15) is 14.7 Å². The van der Waals surface area contributed by atoms with Crippen LogP contribution in [-0.2, 0) is 16.1 Å². The number of thiazole rings is 1. The molecule has 1 aromatic carbocycles. The van der Waals surface area contributed by atoms with E-state index in [1.165, 1.54) is 4.90 Å². The molecular weight excluding hydrogens is 364 g/mol. The number of hydrogen-bond donors (Lipinski definition) is 3. The SMILES string of the molecule is Cc1ncsc1-c1ccc(CNC(=O)C2C[C@@H](O)CN2C(=O)[C@H](C)N)cc1. The van der Waals surface area contributed by atoms with E-state index in [1.807, 2.05) is 36.7 Å². The quantitative estimate of drug-likeness (QED) is 0.709. The van der Waals surface area contributed by atoms with Crippen molar-refractivity contribution in [3.05, 3.63) is 41.0 Å². The van der Waals surface area contributed by atoms with Crippen LogP contribution >= 0.6 is 11.3 Å². The van der Waals surface area contributed by atoms with Crippen LogP contribution in [0.25, 0.3) is 10.4 Å². The number of carbonyl (C=O) groups is 2. The summed E-state index contributed by atoms with van der Waals surface area (Å²) in [5, 5.41) is 12.7. The lowest BCUT2D eigenvalue weighted by atomic mass is 10.1. The summed E-state index contributed by atoms with van der Waals surface area (Å²) in [5.41, 5.74) is 10.5. The minimum atomic E-state index is -0.703. The van der Waals surface area contributed by atoms with Gasteiger partial charge in [-0.05, 0) is 25.0 Å². The predicted octanol–water partition coefficient (Wildman–Crippen LogP) is 1.04. The Hall–Kier alpha value is -2.29. The molecule has 27 heavy (non-hydrogen) atoms. The first-order valence-corrected chi connectivity index (χ1v) is 9.76. The third-order valence-electron chi connectivity index (χ3n) is 4.68. The monoisotopic (exact) mass is 388 g/mol. The van der Waals surface area contributed by atoms with Crippen LogP contribution in [0.5, 0.6) is 0 Å². The Labute approximate surface area is 162 Å². The number of β-amino-alcohol motifs (C(OH)–C–C–N with tert-alkyl or cyclic N) is 1. The van der Waals surface area contributed by atoms with Gasteiger partial charge in [-0.3, -0.25) is 9.59 Å². The number of aliphatic hydroxyl groups excluding tert-OH is 1. The molecule has 0 radical (unpaired) electrons. The number of aromatic nitrogens is 1. The summed E-state index contributed by atoms with van der Waals surface area (Å²) < 4.78 is 0. The number of benzene rings is 1. The van der Waals surface area contributed by atoms with Crippen LogP contribution < -0.4 is 11.1 Å². The largest absolute Gasteiger partial charge is 0.391 e. The van der Waals surface area contributed by atoms with E-state index < -0.39 is 18.2 Å². The third-order valence-corrected chi connectivity index (χ3v) is 5.66. The highest BCUT2D eigenvalue weighted by Crippen LogP contribution is 2.27. The van der Waals surface area contributed by atoms with E-state index in [0.29, 0.717) is 6.54 Å². The molecule has 1 aromatic heterocycles. The molecule has 2 aromatic rings. The van der Waals surface area contributed by atoms with E-state index in [1.54, 1.807) is 18.3 Å². The second-order valence-corrected chi connectivity index (χ2v) is 7.72. The number of likely N-dealkylation sites (tertiary alicyclic amines) is 1. The molecule has 3 atom stereocenters. The van der Waals surface area contributed by atoms with Gasteiger partial charge in [0.2, 0.25) is 11.8 Å². The summed E-state index contributed by atoms with van der Waals surface area (Å²) in [6.45, 7) is 4.05. The van der Waals surface area contributed by atoms with E-state index >= 15 is 0 Å². The second kappa shape index (κ2) is 8.16. The molecular formula is C19H24N4O3S. The van der Waals surface area contributed by atoms with Gasteiger partial charge in [-0.2, -0.15) is 0 Å². The summed E-state index contributed by atoms with van der Waals surface area (Å²) in [6.07, 6.45) is -0.473. The van der Waals surface area contributed by atoms with Crippen molar-refractivity contribution in [1.29, 1.82) is 0 Å². The number of nitrogens with one attached hydrogen (secondary N) is 1. The fourth-order valence-electron chi connectivity index (χ4n) is 3.23. The van der Waals surface area contributed by atoms with E-state index in [2.05, 4.69) is 10.3 Å². The fraction of sp³-hybridized carbons (Fsp3) is 0.421. The molecule has 0 bridgehead atoms. The first kappa shape index (κ1) is 19.5. The summed E-state index contributed by atoms with van der Waals surface area (Å²) in [7, 11) is 0. The van der Waals surface area contributed by atoms with Gasteiger partial charge in [0, 0.05) is 19.5 Å². The van der Waals surface area contributed by atoms with Crippen LogP contribution in [0.1, 0.15) is 24.6 Å². The maximum atomic E-state index is 12.5. The minimum Gasteiger partial charge on any atom is -0.391 e. The zero-order valence-corrected chi connectivity index (χ0v) is 16.2. The average Bonchev–Trinajstić information content (AvgIpc) is 3.25. The van der Waals surface area contributed by atoms with Crippen LogP contribution in [0, 0.1) is 6.92 Å². The zero-order valence-electron chi connectivity index (χ0n) is 15.4. The van der Waals surface area contributed by atoms with Crippen LogP contribution in [0.15, 0.2) is 29.8 Å². The van der Waals surface area contributed by atoms with Crippen molar-refractivity contribution in [2.45, 2.75) is 45.0 Å². The van der Waals surface area contributed by atoms with Gasteiger partial charge in [-0.15, -0.1) is 11.3 Å². The minimum absolute atomic E-state index is 0.140. The smallest absolute Gasteiger partial charge is 0.243 e. The Kier molecular flexibility index (Phi) is 5.88. The predicted molar refractivity (Wildman–Crippen MR) is 104 cm³/mol. The molecule has 144 valence electrons. The topological polar surface area (TPSA) is 109 Å². The number of hydrogen-bond acceptors (Lipinski definition) is 6. The van der Waals surface area contributed by atoms with E-state index in [0.717, 1.165) is 21.7 Å². The number of carbonyl (C=O) groups excluding carboxylic acids is 2. The summed E-state index contributed by atoms with van der Waals surface area (Å²) in [5.74, 6) is -0.598. The molecule has 1 saturated heterocycles. The molecule has 4 N–H and O–H groups in total. The molecule has 3 rings (SSSR count). The van der Waals surface area contributed by atoms with Gasteiger partial charge >= 0.3 is 0 Å². The zero-order chi connectivity index (χ0) is 19.6. The van der Waals surface area contributed by atoms with Gasteiger partial charge in [-0.25, -0.2) is 4.98 Å². The van der Waals surface area contributed by atoms with Gasteiger partial charge < -0.3 is 21.1 Å². The van der Waals surface area contributed by atoms with Crippen molar-refractivity contribution in [3.63, 3.8) is 0 Å². The van der Waals surface area contributed by atoms with Crippen molar-refractivity contribution in [2.24, 2.45) is 5.73 Å². The highest BCUT2D eigenvalue weighted by atomic mass is 32.1. The first-order chi connectivity index (χ1) is 12.9. The molecule has 1 aliphatic rings. The number of nitrogens with zero attached hydrogens (tertiary/aromatic N) is 2. The maximum absolute atomic E-state index is 12.5. The second-order valence-electron chi connectivity index (χ2n) is 6.87. The van der Waals surface area contributed by atoms with Crippen LogP contribution in [0.2, 0.25) is 0 Å². The lowest BCUT2D eigenvalue weighted by Crippen LogP contribution is -2.50. The highest BCUT2D eigenvalue weighted by molar-refractivity contribution is 7.13. The van der Waals surface area contributed by atoms with Gasteiger partial charge in [0.05, 0.1) is 28.2 Å². The van der Waals surface area contributed by atoms with Gasteiger partial charge in [0.15, 0.2) is 0 Å². The van der Waals surface area contributed by atoms with Gasteiger partial charge in [-0.1, -0.05) is 24.3 Å². The van der Waals surface area contributed by atoms with Crippen molar-refractivity contribution >= 4 is 23.2 Å². The Morgan fingerprint density at radius 1 is 1.41 bits per heavy atom. The molecule has 0 spiro atoms. The third kappa shape index (κ3) is 4.35. The Morgan fingerprint density at radius 2 is 2.11 bits per heavy atom. The van der Waals surface area contributed by atoms with Crippen molar-refractivity contribution in [3.8, 4) is 10.4 Å². The lowest BCUT2D eigenvalue weighted by molar-refractivity contribution is -0.139.